The molecule has 2 rings (SSSR count). The van der Waals surface area contributed by atoms with Crippen molar-refractivity contribution in [1.82, 2.24) is 10.6 Å². The Morgan fingerprint density at radius 3 is 2.50 bits per heavy atom. The third kappa shape index (κ3) is 8.48. The topological polar surface area (TPSA) is 101 Å². The first-order chi connectivity index (χ1) is 12.2. The maximum absolute atomic E-state index is 11.8. The molecule has 0 radical (unpaired) electrons. The summed E-state index contributed by atoms with van der Waals surface area (Å²) in [5.41, 5.74) is 1.32. The van der Waals surface area contributed by atoms with Gasteiger partial charge in [-0.1, -0.05) is 0 Å². The van der Waals surface area contributed by atoms with E-state index in [1.54, 1.807) is 31.4 Å². The molecule has 1 fully saturated rings. The van der Waals surface area contributed by atoms with E-state index in [2.05, 4.69) is 21.3 Å². The number of halogens is 1. The van der Waals surface area contributed by atoms with Crippen molar-refractivity contribution in [3.05, 3.63) is 24.3 Å². The van der Waals surface area contributed by atoms with E-state index in [-0.39, 0.29) is 37.0 Å². The molecule has 1 aliphatic heterocycles. The molecule has 1 aliphatic rings. The highest BCUT2D eigenvalue weighted by molar-refractivity contribution is 5.93. The van der Waals surface area contributed by atoms with Crippen molar-refractivity contribution in [3.63, 3.8) is 0 Å². The number of amides is 3. The van der Waals surface area contributed by atoms with Crippen molar-refractivity contribution in [2.24, 2.45) is 0 Å². The van der Waals surface area contributed by atoms with E-state index in [9.17, 15) is 9.59 Å². The first-order valence-electron chi connectivity index (χ1n) is 8.43. The minimum absolute atomic E-state index is 0. The highest BCUT2D eigenvalue weighted by atomic mass is 35.5. The second-order valence-corrected chi connectivity index (χ2v) is 5.77. The Morgan fingerprint density at radius 1 is 1.19 bits per heavy atom. The summed E-state index contributed by atoms with van der Waals surface area (Å²) in [6.45, 7) is 2.67. The van der Waals surface area contributed by atoms with E-state index in [0.29, 0.717) is 31.1 Å². The molecule has 0 aliphatic carbocycles. The zero-order valence-electron chi connectivity index (χ0n) is 14.9. The SMILES string of the molecule is COCCNCC(=O)Nc1ccc(NC(=O)NCC2CCCO2)cc1.Cl. The number of carbonyl (C=O) groups excluding carboxylic acids is 2. The molecule has 1 aromatic carbocycles. The molecule has 3 amide bonds. The first-order valence-corrected chi connectivity index (χ1v) is 8.43. The Labute approximate surface area is 159 Å². The summed E-state index contributed by atoms with van der Waals surface area (Å²) in [5.74, 6) is -0.133. The van der Waals surface area contributed by atoms with Crippen LogP contribution >= 0.6 is 12.4 Å². The second-order valence-electron chi connectivity index (χ2n) is 5.77. The van der Waals surface area contributed by atoms with E-state index in [1.165, 1.54) is 0 Å². The number of carbonyl (C=O) groups is 2. The Morgan fingerprint density at radius 2 is 1.88 bits per heavy atom. The monoisotopic (exact) mass is 386 g/mol. The van der Waals surface area contributed by atoms with Gasteiger partial charge in [-0.25, -0.2) is 4.79 Å². The van der Waals surface area contributed by atoms with Crippen LogP contribution in [0.25, 0.3) is 0 Å². The second kappa shape index (κ2) is 12.5. The van der Waals surface area contributed by atoms with Gasteiger partial charge < -0.3 is 30.7 Å². The standard InChI is InChI=1S/C17H26N4O4.ClH/c1-24-10-8-18-12-16(22)20-13-4-6-14(7-5-13)21-17(23)19-11-15-3-2-9-25-15;/h4-7,15,18H,2-3,8-12H2,1H3,(H,20,22)(H2,19,21,23);1H. The van der Waals surface area contributed by atoms with Crippen LogP contribution < -0.4 is 21.3 Å². The molecule has 0 saturated carbocycles. The molecule has 8 nitrogen and oxygen atoms in total. The van der Waals surface area contributed by atoms with Crippen molar-refractivity contribution in [3.8, 4) is 0 Å². The van der Waals surface area contributed by atoms with Crippen molar-refractivity contribution in [1.29, 1.82) is 0 Å². The van der Waals surface area contributed by atoms with E-state index < -0.39 is 0 Å². The zero-order valence-corrected chi connectivity index (χ0v) is 15.7. The number of nitrogens with one attached hydrogen (secondary N) is 4. The minimum Gasteiger partial charge on any atom is -0.383 e. The van der Waals surface area contributed by atoms with Gasteiger partial charge in [-0.3, -0.25) is 4.79 Å². The Balaban J connectivity index is 0.00000338. The molecule has 0 bridgehead atoms. The van der Waals surface area contributed by atoms with E-state index in [0.717, 1.165) is 19.4 Å². The van der Waals surface area contributed by atoms with Crippen molar-refractivity contribution in [2.45, 2.75) is 18.9 Å². The summed E-state index contributed by atoms with van der Waals surface area (Å²) in [4.78, 5) is 23.6. The average Bonchev–Trinajstić information content (AvgIpc) is 3.12. The predicted octanol–water partition coefficient (Wildman–Crippen LogP) is 1.58. The molecular formula is C17H27ClN4O4. The molecule has 0 aromatic heterocycles. The highest BCUT2D eigenvalue weighted by Crippen LogP contribution is 2.14. The molecule has 4 N–H and O–H groups in total. The summed E-state index contributed by atoms with van der Waals surface area (Å²) >= 11 is 0. The van der Waals surface area contributed by atoms with Crippen LogP contribution in [0.2, 0.25) is 0 Å². The quantitative estimate of drug-likeness (QED) is 0.483. The lowest BCUT2D eigenvalue weighted by molar-refractivity contribution is -0.115. The third-order valence-corrected chi connectivity index (χ3v) is 3.71. The van der Waals surface area contributed by atoms with Gasteiger partial charge in [0.15, 0.2) is 0 Å². The van der Waals surface area contributed by atoms with Crippen LogP contribution in [-0.2, 0) is 14.3 Å². The maximum Gasteiger partial charge on any atom is 0.319 e. The summed E-state index contributed by atoms with van der Waals surface area (Å²) < 4.78 is 10.3. The lowest BCUT2D eigenvalue weighted by atomic mass is 10.2. The van der Waals surface area contributed by atoms with Crippen LogP contribution in [-0.4, -0.2) is 58.0 Å². The fourth-order valence-corrected chi connectivity index (χ4v) is 2.41. The van der Waals surface area contributed by atoms with Gasteiger partial charge in [0, 0.05) is 38.2 Å². The Kier molecular flexibility index (Phi) is 10.6. The number of benzene rings is 1. The van der Waals surface area contributed by atoms with E-state index in [4.69, 9.17) is 9.47 Å². The molecule has 1 aromatic rings. The molecule has 1 unspecified atom stereocenters. The van der Waals surface area contributed by atoms with Crippen LogP contribution in [0, 0.1) is 0 Å². The molecule has 0 spiro atoms. The fraction of sp³-hybridized carbons (Fsp3) is 0.529. The van der Waals surface area contributed by atoms with Crippen LogP contribution in [0.1, 0.15) is 12.8 Å². The van der Waals surface area contributed by atoms with Crippen LogP contribution in [0.4, 0.5) is 16.2 Å². The minimum atomic E-state index is -0.269. The van der Waals surface area contributed by atoms with Gasteiger partial charge in [-0.2, -0.15) is 0 Å². The number of ether oxygens (including phenoxy) is 2. The predicted molar refractivity (Wildman–Crippen MR) is 103 cm³/mol. The molecule has 1 atom stereocenters. The summed E-state index contributed by atoms with van der Waals surface area (Å²) in [6.07, 6.45) is 2.14. The maximum atomic E-state index is 11.8. The fourth-order valence-electron chi connectivity index (χ4n) is 2.41. The van der Waals surface area contributed by atoms with Crippen molar-refractivity contribution >= 4 is 35.7 Å². The number of hydrogen-bond donors (Lipinski definition) is 4. The molecule has 1 heterocycles. The van der Waals surface area contributed by atoms with Crippen LogP contribution in [0.15, 0.2) is 24.3 Å². The molecule has 1 saturated heterocycles. The van der Waals surface area contributed by atoms with E-state index in [1.807, 2.05) is 0 Å². The first kappa shape index (κ1) is 22.2. The zero-order chi connectivity index (χ0) is 17.9. The van der Waals surface area contributed by atoms with Crippen LogP contribution in [0.5, 0.6) is 0 Å². The number of urea groups is 1. The van der Waals surface area contributed by atoms with Crippen molar-refractivity contribution < 1.29 is 19.1 Å². The average molecular weight is 387 g/mol. The summed E-state index contributed by atoms with van der Waals surface area (Å²) in [7, 11) is 1.61. The van der Waals surface area contributed by atoms with Gasteiger partial charge in [-0.15, -0.1) is 12.4 Å². The van der Waals surface area contributed by atoms with Gasteiger partial charge in [0.05, 0.1) is 19.3 Å². The lowest BCUT2D eigenvalue weighted by Gasteiger charge is -2.12. The van der Waals surface area contributed by atoms with Gasteiger partial charge >= 0.3 is 6.03 Å². The summed E-state index contributed by atoms with van der Waals surface area (Å²) in [6, 6.07) is 6.68. The number of hydrogen-bond acceptors (Lipinski definition) is 5. The molecule has 146 valence electrons. The number of methoxy groups -OCH3 is 1. The van der Waals surface area contributed by atoms with Gasteiger partial charge in [0.1, 0.15) is 0 Å². The third-order valence-electron chi connectivity index (χ3n) is 3.71. The number of anilines is 2. The van der Waals surface area contributed by atoms with Gasteiger partial charge in [0.25, 0.3) is 0 Å². The largest absolute Gasteiger partial charge is 0.383 e. The normalized spacial score (nSPS) is 15.8. The molecule has 9 heteroatoms. The van der Waals surface area contributed by atoms with Gasteiger partial charge in [-0.05, 0) is 37.1 Å². The number of rotatable bonds is 9. The highest BCUT2D eigenvalue weighted by Gasteiger charge is 2.16. The Bertz CT molecular complexity index is 550. The van der Waals surface area contributed by atoms with Crippen molar-refractivity contribution in [2.75, 3.05) is 50.6 Å². The smallest absolute Gasteiger partial charge is 0.319 e. The van der Waals surface area contributed by atoms with E-state index >= 15 is 0 Å². The van der Waals surface area contributed by atoms with Gasteiger partial charge in [0.2, 0.25) is 5.91 Å². The molecule has 26 heavy (non-hydrogen) atoms. The lowest BCUT2D eigenvalue weighted by Crippen LogP contribution is -2.35. The summed E-state index contributed by atoms with van der Waals surface area (Å²) in [5, 5.41) is 11.3. The molecular weight excluding hydrogens is 360 g/mol. The van der Waals surface area contributed by atoms with Crippen LogP contribution in [0.3, 0.4) is 0 Å². The Hall–Kier alpha value is -1.87.